The molecule has 1 N–H and O–H groups in total. The number of rotatable bonds is 6. The summed E-state index contributed by atoms with van der Waals surface area (Å²) in [4.78, 5) is 17.1. The highest BCUT2D eigenvalue weighted by Crippen LogP contribution is 2.31. The lowest BCUT2D eigenvalue weighted by molar-refractivity contribution is -0.114. The molecule has 0 fully saturated rings. The van der Waals surface area contributed by atoms with E-state index in [2.05, 4.69) is 14.7 Å². The van der Waals surface area contributed by atoms with Crippen molar-refractivity contribution in [3.8, 4) is 11.4 Å². The number of hydrazone groups is 1. The van der Waals surface area contributed by atoms with E-state index in [4.69, 9.17) is 10.1 Å². The molecule has 1 amide bonds. The summed E-state index contributed by atoms with van der Waals surface area (Å²) in [6.45, 7) is 6.60. The van der Waals surface area contributed by atoms with Gasteiger partial charge < -0.3 is 9.30 Å². The van der Waals surface area contributed by atoms with Gasteiger partial charge in [0.15, 0.2) is 5.84 Å². The first-order valence-electron chi connectivity index (χ1n) is 11.4. The highest BCUT2D eigenvalue weighted by Gasteiger charge is 2.35. The van der Waals surface area contributed by atoms with Gasteiger partial charge in [0.1, 0.15) is 10.8 Å². The summed E-state index contributed by atoms with van der Waals surface area (Å²) in [5.74, 6) is 0.448. The van der Waals surface area contributed by atoms with Crippen molar-refractivity contribution < 1.29 is 9.53 Å². The van der Waals surface area contributed by atoms with Crippen molar-refractivity contribution in [2.24, 2.45) is 10.1 Å². The number of carbonyl (C=O) groups excluding carboxylic acids is 1. The van der Waals surface area contributed by atoms with E-state index in [0.717, 1.165) is 39.0 Å². The van der Waals surface area contributed by atoms with Crippen molar-refractivity contribution in [3.63, 3.8) is 0 Å². The fraction of sp³-hybridized carbons (Fsp3) is 0.185. The molecule has 8 heteroatoms. The number of fused-ring (bicyclic) bond motifs is 1. The van der Waals surface area contributed by atoms with Crippen LogP contribution in [0.3, 0.4) is 0 Å². The minimum Gasteiger partial charge on any atom is -0.494 e. The summed E-state index contributed by atoms with van der Waals surface area (Å²) in [6.07, 6.45) is 2.37. The van der Waals surface area contributed by atoms with E-state index in [0.29, 0.717) is 18.2 Å². The Hall–Kier alpha value is -3.91. The van der Waals surface area contributed by atoms with Crippen molar-refractivity contribution >= 4 is 39.8 Å². The van der Waals surface area contributed by atoms with Crippen LogP contribution in [-0.4, -0.2) is 38.1 Å². The molecular weight excluding hydrogens is 458 g/mol. The molecule has 35 heavy (non-hydrogen) atoms. The quantitative estimate of drug-likeness (QED) is 0.479. The van der Waals surface area contributed by atoms with Crippen LogP contribution < -0.4 is 4.74 Å². The SMILES string of the molecule is CCOc1ccc(-n2c(C)cc(/C=C3\C(=N)N4N=C(Cc5ccccc5)SC4=NC3=O)c2C)cc1. The lowest BCUT2D eigenvalue weighted by Crippen LogP contribution is -2.35. The van der Waals surface area contributed by atoms with Gasteiger partial charge in [0.2, 0.25) is 5.17 Å². The van der Waals surface area contributed by atoms with Crippen LogP contribution in [-0.2, 0) is 11.2 Å². The van der Waals surface area contributed by atoms with Crippen molar-refractivity contribution in [1.82, 2.24) is 9.58 Å². The third-order valence-electron chi connectivity index (χ3n) is 5.87. The molecule has 0 aliphatic carbocycles. The molecular formula is C27H25N5O2S. The lowest BCUT2D eigenvalue weighted by atomic mass is 10.1. The van der Waals surface area contributed by atoms with Gasteiger partial charge in [0, 0.05) is 23.5 Å². The monoisotopic (exact) mass is 483 g/mol. The van der Waals surface area contributed by atoms with Crippen LogP contribution in [0.1, 0.15) is 29.4 Å². The predicted octanol–water partition coefficient (Wildman–Crippen LogP) is 5.35. The number of thioether (sulfide) groups is 1. The zero-order chi connectivity index (χ0) is 24.5. The van der Waals surface area contributed by atoms with Gasteiger partial charge in [-0.05, 0) is 80.1 Å². The number of benzene rings is 2. The normalized spacial score (nSPS) is 16.4. The summed E-state index contributed by atoms with van der Waals surface area (Å²) in [5.41, 5.74) is 5.21. The smallest absolute Gasteiger partial charge is 0.283 e. The summed E-state index contributed by atoms with van der Waals surface area (Å²) in [5, 5.41) is 16.0. The number of aromatic nitrogens is 1. The Balaban J connectivity index is 1.43. The van der Waals surface area contributed by atoms with Gasteiger partial charge >= 0.3 is 0 Å². The second kappa shape index (κ2) is 9.38. The van der Waals surface area contributed by atoms with Crippen LogP contribution >= 0.6 is 11.8 Å². The molecule has 0 spiro atoms. The number of nitrogens with zero attached hydrogens (tertiary/aromatic N) is 4. The van der Waals surface area contributed by atoms with Crippen molar-refractivity contribution in [3.05, 3.63) is 88.8 Å². The molecule has 3 aromatic rings. The van der Waals surface area contributed by atoms with Crippen molar-refractivity contribution in [2.45, 2.75) is 27.2 Å². The minimum absolute atomic E-state index is 0.0430. The molecule has 5 rings (SSSR count). The van der Waals surface area contributed by atoms with E-state index in [9.17, 15) is 4.79 Å². The van der Waals surface area contributed by atoms with Gasteiger partial charge in [-0.25, -0.2) is 0 Å². The number of hydrogen-bond acceptors (Lipinski definition) is 5. The van der Waals surface area contributed by atoms with Crippen molar-refractivity contribution in [2.75, 3.05) is 6.61 Å². The zero-order valence-corrected chi connectivity index (χ0v) is 20.6. The molecule has 176 valence electrons. The topological polar surface area (TPSA) is 83.0 Å². The molecule has 3 heterocycles. The number of amidine groups is 2. The Morgan fingerprint density at radius 2 is 1.83 bits per heavy atom. The second-order valence-corrected chi connectivity index (χ2v) is 9.31. The Kier molecular flexibility index (Phi) is 6.13. The first kappa shape index (κ1) is 22.9. The fourth-order valence-electron chi connectivity index (χ4n) is 4.22. The Labute approximate surface area is 208 Å². The summed E-state index contributed by atoms with van der Waals surface area (Å²) < 4.78 is 7.67. The number of ether oxygens (including phenoxy) is 1. The average Bonchev–Trinajstić information content (AvgIpc) is 3.37. The van der Waals surface area contributed by atoms with E-state index in [1.807, 2.05) is 81.4 Å². The van der Waals surface area contributed by atoms with Crippen LogP contribution in [0.25, 0.3) is 11.8 Å². The third-order valence-corrected chi connectivity index (χ3v) is 6.78. The minimum atomic E-state index is -0.421. The summed E-state index contributed by atoms with van der Waals surface area (Å²) >= 11 is 1.34. The number of aliphatic imine (C=N–C) groups is 1. The first-order chi connectivity index (χ1) is 16.9. The van der Waals surface area contributed by atoms with Crippen LogP contribution in [0.2, 0.25) is 0 Å². The maximum atomic E-state index is 12.9. The van der Waals surface area contributed by atoms with E-state index in [1.54, 1.807) is 6.08 Å². The Morgan fingerprint density at radius 1 is 1.09 bits per heavy atom. The van der Waals surface area contributed by atoms with Gasteiger partial charge in [0.25, 0.3) is 5.91 Å². The van der Waals surface area contributed by atoms with E-state index in [-0.39, 0.29) is 11.4 Å². The molecule has 0 unspecified atom stereocenters. The van der Waals surface area contributed by atoms with Crippen LogP contribution in [0, 0.1) is 19.3 Å². The molecule has 0 saturated carbocycles. The fourth-order valence-corrected chi connectivity index (χ4v) is 5.14. The molecule has 2 aromatic carbocycles. The van der Waals surface area contributed by atoms with Crippen LogP contribution in [0.5, 0.6) is 5.75 Å². The zero-order valence-electron chi connectivity index (χ0n) is 19.8. The number of nitrogens with one attached hydrogen (secondary N) is 1. The first-order valence-corrected chi connectivity index (χ1v) is 12.2. The Morgan fingerprint density at radius 3 is 2.54 bits per heavy atom. The van der Waals surface area contributed by atoms with E-state index < -0.39 is 5.91 Å². The summed E-state index contributed by atoms with van der Waals surface area (Å²) in [6, 6.07) is 19.9. The number of amides is 1. The highest BCUT2D eigenvalue weighted by atomic mass is 32.2. The number of hydrogen-bond donors (Lipinski definition) is 1. The third kappa shape index (κ3) is 4.44. The largest absolute Gasteiger partial charge is 0.494 e. The van der Waals surface area contributed by atoms with Gasteiger partial charge in [0.05, 0.1) is 12.2 Å². The lowest BCUT2D eigenvalue weighted by Gasteiger charge is -2.20. The highest BCUT2D eigenvalue weighted by molar-refractivity contribution is 8.26. The van der Waals surface area contributed by atoms with Crippen LogP contribution in [0.15, 0.2) is 76.3 Å². The van der Waals surface area contributed by atoms with Crippen molar-refractivity contribution in [1.29, 1.82) is 5.41 Å². The number of carbonyl (C=O) groups is 1. The predicted molar refractivity (Wildman–Crippen MR) is 142 cm³/mol. The molecule has 0 atom stereocenters. The van der Waals surface area contributed by atoms with Gasteiger partial charge in [-0.1, -0.05) is 30.3 Å². The van der Waals surface area contributed by atoms with Gasteiger partial charge in [-0.2, -0.15) is 15.1 Å². The van der Waals surface area contributed by atoms with Crippen LogP contribution in [0.4, 0.5) is 0 Å². The molecule has 2 aliphatic rings. The average molecular weight is 484 g/mol. The standard InChI is InChI=1S/C27H25N5O2S/c1-4-34-22-12-10-21(11-13-22)31-17(2)14-20(18(31)3)16-23-25(28)32-27(29-26(23)33)35-24(30-32)15-19-8-6-5-7-9-19/h5-14,16,28H,4,15H2,1-3H3/b23-16+,28-25?. The Bertz CT molecular complexity index is 1400. The molecule has 0 saturated heterocycles. The molecule has 0 radical (unpaired) electrons. The second-order valence-electron chi connectivity index (χ2n) is 8.26. The summed E-state index contributed by atoms with van der Waals surface area (Å²) in [7, 11) is 0. The molecule has 0 bridgehead atoms. The molecule has 1 aromatic heterocycles. The maximum absolute atomic E-state index is 12.9. The number of aryl methyl sites for hydroxylation is 1. The molecule has 7 nitrogen and oxygen atoms in total. The maximum Gasteiger partial charge on any atom is 0.283 e. The van der Waals surface area contributed by atoms with Gasteiger partial charge in [-0.15, -0.1) is 0 Å². The van der Waals surface area contributed by atoms with Gasteiger partial charge in [-0.3, -0.25) is 10.2 Å². The van der Waals surface area contributed by atoms with E-state index in [1.165, 1.54) is 16.8 Å². The molecule has 2 aliphatic heterocycles. The van der Waals surface area contributed by atoms with E-state index >= 15 is 0 Å².